The number of hydrogen-bond donors (Lipinski definition) is 2. The molecule has 19 heavy (non-hydrogen) atoms. The van der Waals surface area contributed by atoms with Crippen LogP contribution in [0.2, 0.25) is 0 Å². The highest BCUT2D eigenvalue weighted by atomic mass is 19.1. The number of rotatable bonds is 4. The maximum absolute atomic E-state index is 13.2. The smallest absolute Gasteiger partial charge is 0.356 e. The number of fused-ring (bicyclic) bond motifs is 1. The van der Waals surface area contributed by atoms with Gasteiger partial charge in [-0.25, -0.2) is 9.18 Å². The summed E-state index contributed by atoms with van der Waals surface area (Å²) in [5.41, 5.74) is 1.29. The van der Waals surface area contributed by atoms with Crippen LogP contribution in [0.1, 0.15) is 12.5 Å². The van der Waals surface area contributed by atoms with Crippen molar-refractivity contribution >= 4 is 22.6 Å². The number of benzene rings is 1. The van der Waals surface area contributed by atoms with Crippen molar-refractivity contribution in [2.75, 3.05) is 6.61 Å². The second kappa shape index (κ2) is 5.51. The molecule has 0 aliphatic heterocycles. The lowest BCUT2D eigenvalue weighted by atomic mass is 10.1. The molecule has 0 radical (unpaired) electrons. The van der Waals surface area contributed by atoms with Gasteiger partial charge in [0.15, 0.2) is 5.71 Å². The van der Waals surface area contributed by atoms with E-state index in [0.29, 0.717) is 10.9 Å². The zero-order chi connectivity index (χ0) is 13.8. The Morgan fingerprint density at radius 1 is 1.53 bits per heavy atom. The third-order valence-electron chi connectivity index (χ3n) is 2.72. The molecule has 0 amide bonds. The van der Waals surface area contributed by atoms with Crippen molar-refractivity contribution in [3.05, 3.63) is 35.8 Å². The highest BCUT2D eigenvalue weighted by Gasteiger charge is 2.16. The normalized spacial score (nSPS) is 11.8. The lowest BCUT2D eigenvalue weighted by Crippen LogP contribution is -2.19. The zero-order valence-electron chi connectivity index (χ0n) is 10.3. The van der Waals surface area contributed by atoms with Gasteiger partial charge in [0.2, 0.25) is 0 Å². The predicted octanol–water partition coefficient (Wildman–Crippen LogP) is 2.24. The van der Waals surface area contributed by atoms with E-state index in [1.807, 2.05) is 0 Å². The molecule has 5 nitrogen and oxygen atoms in total. The fourth-order valence-corrected chi connectivity index (χ4v) is 1.84. The van der Waals surface area contributed by atoms with Crippen molar-refractivity contribution in [1.82, 2.24) is 4.98 Å². The van der Waals surface area contributed by atoms with Crippen molar-refractivity contribution in [1.29, 1.82) is 0 Å². The molecule has 100 valence electrons. The molecule has 6 heteroatoms. The van der Waals surface area contributed by atoms with E-state index in [9.17, 15) is 9.18 Å². The van der Waals surface area contributed by atoms with E-state index in [0.717, 1.165) is 5.52 Å². The Hall–Kier alpha value is -2.37. The second-order valence-electron chi connectivity index (χ2n) is 3.95. The van der Waals surface area contributed by atoms with Crippen LogP contribution in [0.3, 0.4) is 0 Å². The maximum Gasteiger partial charge on any atom is 0.356 e. The first-order chi connectivity index (χ1) is 9.15. The number of H-pyrrole nitrogens is 1. The predicted molar refractivity (Wildman–Crippen MR) is 67.8 cm³/mol. The van der Waals surface area contributed by atoms with Gasteiger partial charge in [-0.05, 0) is 30.7 Å². The number of nitrogens with one attached hydrogen (secondary N) is 1. The monoisotopic (exact) mass is 264 g/mol. The number of aromatic nitrogens is 1. The number of halogens is 1. The molecule has 0 aliphatic rings. The number of carbonyl (C=O) groups excluding carboxylic acids is 1. The van der Waals surface area contributed by atoms with Gasteiger partial charge in [-0.2, -0.15) is 0 Å². The minimum Gasteiger partial charge on any atom is -0.461 e. The summed E-state index contributed by atoms with van der Waals surface area (Å²) in [7, 11) is 0. The van der Waals surface area contributed by atoms with Crippen LogP contribution in [0.4, 0.5) is 4.39 Å². The summed E-state index contributed by atoms with van der Waals surface area (Å²) in [5.74, 6) is -1.05. The van der Waals surface area contributed by atoms with E-state index >= 15 is 0 Å². The molecule has 1 aromatic heterocycles. The van der Waals surface area contributed by atoms with Gasteiger partial charge in [-0.3, -0.25) is 0 Å². The van der Waals surface area contributed by atoms with Crippen LogP contribution in [0.15, 0.2) is 29.6 Å². The Morgan fingerprint density at radius 2 is 2.32 bits per heavy atom. The van der Waals surface area contributed by atoms with E-state index in [-0.39, 0.29) is 24.6 Å². The van der Waals surface area contributed by atoms with Crippen LogP contribution in [0.5, 0.6) is 0 Å². The van der Waals surface area contributed by atoms with Gasteiger partial charge in [-0.15, -0.1) is 0 Å². The average molecular weight is 264 g/mol. The average Bonchev–Trinajstić information content (AvgIpc) is 2.78. The minimum absolute atomic E-state index is 0.0682. The van der Waals surface area contributed by atoms with Gasteiger partial charge in [-0.1, -0.05) is 5.16 Å². The molecule has 0 saturated carbocycles. The van der Waals surface area contributed by atoms with E-state index in [1.54, 1.807) is 19.2 Å². The van der Waals surface area contributed by atoms with Crippen LogP contribution in [-0.2, 0) is 16.0 Å². The number of esters is 1. The Kier molecular flexibility index (Phi) is 3.79. The van der Waals surface area contributed by atoms with Gasteiger partial charge in [0, 0.05) is 23.5 Å². The first-order valence-electron chi connectivity index (χ1n) is 5.79. The largest absolute Gasteiger partial charge is 0.461 e. The molecule has 0 bridgehead atoms. The van der Waals surface area contributed by atoms with Crippen molar-refractivity contribution < 1.29 is 19.1 Å². The Morgan fingerprint density at radius 3 is 3.00 bits per heavy atom. The molecule has 1 heterocycles. The van der Waals surface area contributed by atoms with E-state index in [2.05, 4.69) is 10.1 Å². The maximum atomic E-state index is 13.2. The Labute approximate surface area is 108 Å². The number of carbonyl (C=O) groups is 1. The second-order valence-corrected chi connectivity index (χ2v) is 3.95. The third-order valence-corrected chi connectivity index (χ3v) is 2.72. The molecule has 0 aliphatic carbocycles. The molecule has 2 rings (SSSR count). The highest BCUT2D eigenvalue weighted by Crippen LogP contribution is 2.20. The quantitative estimate of drug-likeness (QED) is 0.385. The number of ether oxygens (including phenoxy) is 1. The Balaban J connectivity index is 2.30. The number of oxime groups is 1. The van der Waals surface area contributed by atoms with Crippen LogP contribution in [0.25, 0.3) is 10.9 Å². The van der Waals surface area contributed by atoms with Crippen molar-refractivity contribution in [2.24, 2.45) is 5.16 Å². The van der Waals surface area contributed by atoms with Crippen molar-refractivity contribution in [3.63, 3.8) is 0 Å². The summed E-state index contributed by atoms with van der Waals surface area (Å²) in [6.07, 6.45) is 1.72. The van der Waals surface area contributed by atoms with Crippen LogP contribution in [-0.4, -0.2) is 28.5 Å². The van der Waals surface area contributed by atoms with Gasteiger partial charge in [0.1, 0.15) is 5.82 Å². The van der Waals surface area contributed by atoms with Gasteiger partial charge >= 0.3 is 5.97 Å². The fraction of sp³-hybridized carbons (Fsp3) is 0.231. The molecule has 0 spiro atoms. The van der Waals surface area contributed by atoms with Crippen LogP contribution < -0.4 is 0 Å². The van der Waals surface area contributed by atoms with Crippen LogP contribution in [0, 0.1) is 5.82 Å². The molecular weight excluding hydrogens is 251 g/mol. The standard InChI is InChI=1S/C13H13FN2O3/c1-2-19-13(17)12(16-18)5-8-7-15-11-4-3-9(14)6-10(8)11/h3-4,6-7,15,18H,2,5H2,1H3/b16-12+. The minimum atomic E-state index is -0.684. The summed E-state index contributed by atoms with van der Waals surface area (Å²) < 4.78 is 18.0. The first kappa shape index (κ1) is 13.1. The van der Waals surface area contributed by atoms with Crippen LogP contribution >= 0.6 is 0 Å². The molecule has 2 N–H and O–H groups in total. The topological polar surface area (TPSA) is 74.7 Å². The molecule has 0 atom stereocenters. The van der Waals surface area contributed by atoms with Gasteiger partial charge in [0.05, 0.1) is 6.61 Å². The number of hydrogen-bond acceptors (Lipinski definition) is 4. The highest BCUT2D eigenvalue weighted by molar-refractivity contribution is 6.37. The molecule has 2 aromatic rings. The van der Waals surface area contributed by atoms with E-state index < -0.39 is 5.97 Å². The van der Waals surface area contributed by atoms with Gasteiger partial charge < -0.3 is 14.9 Å². The lowest BCUT2D eigenvalue weighted by molar-refractivity contribution is -0.135. The SMILES string of the molecule is CCOC(=O)/C(Cc1c[nH]c2ccc(F)cc12)=N/O. The summed E-state index contributed by atoms with van der Waals surface area (Å²) in [5, 5.41) is 12.4. The lowest BCUT2D eigenvalue weighted by Gasteiger charge is -2.03. The Bertz CT molecular complexity index is 634. The van der Waals surface area contributed by atoms with Gasteiger partial charge in [0.25, 0.3) is 0 Å². The summed E-state index contributed by atoms with van der Waals surface area (Å²) in [6.45, 7) is 1.86. The number of aromatic amines is 1. The van der Waals surface area contributed by atoms with Crippen molar-refractivity contribution in [3.8, 4) is 0 Å². The molecule has 0 unspecified atom stereocenters. The zero-order valence-corrected chi connectivity index (χ0v) is 10.3. The molecule has 0 saturated heterocycles. The summed E-state index contributed by atoms with van der Waals surface area (Å²) in [6, 6.07) is 4.31. The third kappa shape index (κ3) is 2.73. The summed E-state index contributed by atoms with van der Waals surface area (Å²) >= 11 is 0. The van der Waals surface area contributed by atoms with E-state index in [4.69, 9.17) is 9.94 Å². The summed E-state index contributed by atoms with van der Waals surface area (Å²) in [4.78, 5) is 14.5. The van der Waals surface area contributed by atoms with Crippen molar-refractivity contribution in [2.45, 2.75) is 13.3 Å². The molecular formula is C13H13FN2O3. The first-order valence-corrected chi connectivity index (χ1v) is 5.79. The van der Waals surface area contributed by atoms with E-state index in [1.165, 1.54) is 12.1 Å². The fourth-order valence-electron chi connectivity index (χ4n) is 1.84. The number of nitrogens with zero attached hydrogens (tertiary/aromatic N) is 1. The molecule has 0 fully saturated rings. The molecule has 1 aromatic carbocycles.